The lowest BCUT2D eigenvalue weighted by atomic mass is 9.98. The quantitative estimate of drug-likeness (QED) is 0.278. The van der Waals surface area contributed by atoms with E-state index in [2.05, 4.69) is 95.9 Å². The Bertz CT molecular complexity index is 1370. The molecule has 0 saturated heterocycles. The van der Waals surface area contributed by atoms with Crippen LogP contribution in [-0.2, 0) is 4.79 Å². The largest absolute Gasteiger partial charge is 0.496 e. The van der Waals surface area contributed by atoms with E-state index in [-0.39, 0.29) is 6.42 Å². The lowest BCUT2D eigenvalue weighted by Gasteiger charge is -2.28. The van der Waals surface area contributed by atoms with Crippen molar-refractivity contribution in [2.45, 2.75) is 88.0 Å². The summed E-state index contributed by atoms with van der Waals surface area (Å²) in [6, 6.07) is 12.6. The highest BCUT2D eigenvalue weighted by Crippen LogP contribution is 2.33. The molecule has 3 rings (SSSR count). The molecule has 254 valence electrons. The Labute approximate surface area is 277 Å². The van der Waals surface area contributed by atoms with Gasteiger partial charge in [0.1, 0.15) is 12.0 Å². The summed E-state index contributed by atoms with van der Waals surface area (Å²) in [6.07, 6.45) is 10.2. The van der Waals surface area contributed by atoms with Crippen molar-refractivity contribution in [1.29, 1.82) is 0 Å². The number of aryl methyl sites for hydroxylation is 3. The van der Waals surface area contributed by atoms with Gasteiger partial charge in [-0.15, -0.1) is 0 Å². The number of hydrogen-bond donors (Lipinski definition) is 1. The second-order valence-electron chi connectivity index (χ2n) is 11.5. The summed E-state index contributed by atoms with van der Waals surface area (Å²) in [6.45, 7) is 24.1. The summed E-state index contributed by atoms with van der Waals surface area (Å²) in [7, 11) is 3.34. The summed E-state index contributed by atoms with van der Waals surface area (Å²) >= 11 is 0. The molecule has 0 saturated carbocycles. The molecule has 1 N–H and O–H groups in total. The molecule has 5 nitrogen and oxygen atoms in total. The third-order valence-electron chi connectivity index (χ3n) is 7.08. The third kappa shape index (κ3) is 15.0. The lowest BCUT2D eigenvalue weighted by molar-refractivity contribution is -0.106. The number of carbonyl (C=O) groups is 1. The number of hydrogen-bond acceptors (Lipinski definition) is 5. The van der Waals surface area contributed by atoms with Crippen molar-refractivity contribution in [3.8, 4) is 5.75 Å². The zero-order valence-electron chi connectivity index (χ0n) is 30.2. The summed E-state index contributed by atoms with van der Waals surface area (Å²) < 4.78 is 29.3. The lowest BCUT2D eigenvalue weighted by Crippen LogP contribution is -2.20. The average molecular weight is 638 g/mol. The van der Waals surface area contributed by atoms with Gasteiger partial charge in [-0.25, -0.2) is 13.8 Å². The van der Waals surface area contributed by atoms with Crippen LogP contribution in [0.3, 0.4) is 0 Å². The first-order valence-corrected chi connectivity index (χ1v) is 15.9. The molecular formula is C39H57F2N3O2. The standard InChI is InChI=1S/C27H30N2O.C5H11F2N.C5H12.C2H4O/c1-8-23-13-14-25(21(6)24-16-18(3)10-15-27(24)30-7)28-29(23)26(9-2)22-12-11-19(4)20(5)17-22;1-5(6,7)3-4-8-2;1-4-5(2)3;1-2-3/h8-17H,6H2,1-5,7H3;8H,3-4H2,1-2H3;5H,4H2,1-3H3;2H,1H3/b23-8-,26-9-;;;. The first-order valence-electron chi connectivity index (χ1n) is 15.9. The molecule has 0 radical (unpaired) electrons. The molecule has 1 aliphatic heterocycles. The van der Waals surface area contributed by atoms with Crippen molar-refractivity contribution in [3.05, 3.63) is 101 Å². The first kappa shape index (κ1) is 42.2. The molecule has 46 heavy (non-hydrogen) atoms. The number of hydrazone groups is 1. The highest BCUT2D eigenvalue weighted by molar-refractivity contribution is 6.29. The number of benzene rings is 2. The number of ether oxygens (including phenoxy) is 1. The van der Waals surface area contributed by atoms with Gasteiger partial charge in [-0.1, -0.05) is 69.7 Å². The van der Waals surface area contributed by atoms with Gasteiger partial charge in [0.2, 0.25) is 5.92 Å². The number of carbonyl (C=O) groups excluding carboxylic acids is 1. The molecule has 2 aromatic rings. The Kier molecular flexibility index (Phi) is 20.0. The van der Waals surface area contributed by atoms with Crippen LogP contribution >= 0.6 is 0 Å². The van der Waals surface area contributed by atoms with Crippen molar-refractivity contribution in [3.63, 3.8) is 0 Å². The number of methoxy groups -OCH3 is 1. The molecular weight excluding hydrogens is 580 g/mol. The van der Waals surface area contributed by atoms with Crippen molar-refractivity contribution in [1.82, 2.24) is 10.3 Å². The van der Waals surface area contributed by atoms with Gasteiger partial charge in [0, 0.05) is 29.7 Å². The Morgan fingerprint density at radius 3 is 2.11 bits per heavy atom. The van der Waals surface area contributed by atoms with E-state index in [1.54, 1.807) is 14.2 Å². The van der Waals surface area contributed by atoms with Crippen LogP contribution in [0.1, 0.15) is 89.1 Å². The maximum Gasteiger partial charge on any atom is 0.246 e. The molecule has 0 spiro atoms. The van der Waals surface area contributed by atoms with E-state index < -0.39 is 5.92 Å². The molecule has 0 unspecified atom stereocenters. The summed E-state index contributed by atoms with van der Waals surface area (Å²) in [5.74, 6) is -0.830. The van der Waals surface area contributed by atoms with Gasteiger partial charge >= 0.3 is 0 Å². The summed E-state index contributed by atoms with van der Waals surface area (Å²) in [4.78, 5) is 8.81. The topological polar surface area (TPSA) is 53.9 Å². The van der Waals surface area contributed by atoms with Crippen LogP contribution in [0, 0.1) is 26.7 Å². The predicted molar refractivity (Wildman–Crippen MR) is 195 cm³/mol. The Balaban J connectivity index is 0.00000105. The van der Waals surface area contributed by atoms with Crippen LogP contribution < -0.4 is 10.1 Å². The zero-order chi connectivity index (χ0) is 35.4. The molecule has 0 amide bonds. The van der Waals surface area contributed by atoms with E-state index in [4.69, 9.17) is 14.6 Å². The molecule has 2 aromatic carbocycles. The van der Waals surface area contributed by atoms with Gasteiger partial charge in [0.05, 0.1) is 24.2 Å². The van der Waals surface area contributed by atoms with E-state index in [0.29, 0.717) is 6.54 Å². The van der Waals surface area contributed by atoms with Crippen LogP contribution in [0.5, 0.6) is 5.75 Å². The van der Waals surface area contributed by atoms with Crippen molar-refractivity contribution in [2.24, 2.45) is 11.0 Å². The number of aldehydes is 1. The zero-order valence-corrected chi connectivity index (χ0v) is 30.2. The number of allylic oxidation sites excluding steroid dienone is 5. The van der Waals surface area contributed by atoms with Crippen LogP contribution in [0.15, 0.2) is 78.1 Å². The molecule has 0 aromatic heterocycles. The molecule has 7 heteroatoms. The van der Waals surface area contributed by atoms with Gasteiger partial charge in [-0.05, 0) is 103 Å². The summed E-state index contributed by atoms with van der Waals surface area (Å²) in [5.41, 5.74) is 9.50. The van der Waals surface area contributed by atoms with Gasteiger partial charge < -0.3 is 14.8 Å². The summed E-state index contributed by atoms with van der Waals surface area (Å²) in [5, 5.41) is 9.62. The Hall–Kier alpha value is -3.84. The SMILES string of the molecule is C=C(C1=NN(/C(=C\C)c2ccc(C)c(C)c2)/C(=C\C)C=C1)c1cc(C)ccc1OC.CC=O.CCC(C)C.CNCCC(C)(F)F. The Morgan fingerprint density at radius 2 is 1.67 bits per heavy atom. The van der Waals surface area contributed by atoms with Crippen LogP contribution in [0.25, 0.3) is 11.3 Å². The predicted octanol–water partition coefficient (Wildman–Crippen LogP) is 10.3. The van der Waals surface area contributed by atoms with E-state index in [1.165, 1.54) is 24.5 Å². The molecule has 1 heterocycles. The molecule has 0 aliphatic carbocycles. The van der Waals surface area contributed by atoms with Gasteiger partial charge in [0.15, 0.2) is 0 Å². The third-order valence-corrected chi connectivity index (χ3v) is 7.08. The first-order chi connectivity index (χ1) is 21.6. The fourth-order valence-corrected chi connectivity index (χ4v) is 3.86. The maximum absolute atomic E-state index is 11.9. The van der Waals surface area contributed by atoms with E-state index >= 15 is 0 Å². The average Bonchev–Trinajstić information content (AvgIpc) is 3.02. The second kappa shape index (κ2) is 21.8. The van der Waals surface area contributed by atoms with E-state index in [0.717, 1.165) is 64.2 Å². The molecule has 0 atom stereocenters. The smallest absolute Gasteiger partial charge is 0.246 e. The number of halogens is 2. The molecule has 0 fully saturated rings. The molecule has 0 bridgehead atoms. The minimum Gasteiger partial charge on any atom is -0.496 e. The minimum absolute atomic E-state index is 0.0799. The van der Waals surface area contributed by atoms with Gasteiger partial charge in [-0.2, -0.15) is 5.10 Å². The van der Waals surface area contributed by atoms with Crippen LogP contribution in [0.2, 0.25) is 0 Å². The second-order valence-corrected chi connectivity index (χ2v) is 11.5. The minimum atomic E-state index is -2.51. The number of nitrogens with zero attached hydrogens (tertiary/aromatic N) is 2. The fourth-order valence-electron chi connectivity index (χ4n) is 3.86. The normalized spacial score (nSPS) is 13.5. The van der Waals surface area contributed by atoms with E-state index in [1.807, 2.05) is 37.1 Å². The monoisotopic (exact) mass is 637 g/mol. The van der Waals surface area contributed by atoms with Crippen molar-refractivity contribution in [2.75, 3.05) is 20.7 Å². The van der Waals surface area contributed by atoms with Gasteiger partial charge in [0.25, 0.3) is 0 Å². The number of alkyl halides is 2. The van der Waals surface area contributed by atoms with E-state index in [9.17, 15) is 8.78 Å². The highest BCUT2D eigenvalue weighted by atomic mass is 19.3. The van der Waals surface area contributed by atoms with Crippen LogP contribution in [0.4, 0.5) is 8.78 Å². The van der Waals surface area contributed by atoms with Crippen LogP contribution in [-0.4, -0.2) is 43.6 Å². The number of nitrogens with one attached hydrogen (secondary N) is 1. The maximum atomic E-state index is 11.9. The van der Waals surface area contributed by atoms with Crippen molar-refractivity contribution < 1.29 is 18.3 Å². The van der Waals surface area contributed by atoms with Crippen molar-refractivity contribution >= 4 is 23.3 Å². The molecule has 1 aliphatic rings. The number of rotatable bonds is 9. The Morgan fingerprint density at radius 1 is 1.07 bits per heavy atom. The fraction of sp³-hybridized carbons (Fsp3) is 0.436. The highest BCUT2D eigenvalue weighted by Gasteiger charge is 2.21. The van der Waals surface area contributed by atoms with Gasteiger partial charge in [-0.3, -0.25) is 0 Å².